The van der Waals surface area contributed by atoms with Crippen LogP contribution in [-0.4, -0.2) is 22.1 Å². The van der Waals surface area contributed by atoms with Gasteiger partial charge in [-0.3, -0.25) is 0 Å². The normalized spacial score (nSPS) is 17.5. The second-order valence-electron chi connectivity index (χ2n) is 5.22. The van der Waals surface area contributed by atoms with Gasteiger partial charge in [-0.1, -0.05) is 25.7 Å². The molecule has 18 heavy (non-hydrogen) atoms. The summed E-state index contributed by atoms with van der Waals surface area (Å²) >= 11 is 0. The van der Waals surface area contributed by atoms with Gasteiger partial charge in [-0.05, 0) is 26.7 Å². The predicted octanol–water partition coefficient (Wildman–Crippen LogP) is 3.40. The first-order valence-electron chi connectivity index (χ1n) is 7.00. The van der Waals surface area contributed by atoms with Gasteiger partial charge in [-0.2, -0.15) is 4.98 Å². The van der Waals surface area contributed by atoms with Crippen LogP contribution in [0.3, 0.4) is 0 Å². The summed E-state index contributed by atoms with van der Waals surface area (Å²) in [4.78, 5) is 8.66. The van der Waals surface area contributed by atoms with Gasteiger partial charge in [0.25, 0.3) is 0 Å². The fourth-order valence-corrected chi connectivity index (χ4v) is 2.33. The van der Waals surface area contributed by atoms with Crippen molar-refractivity contribution in [1.82, 2.24) is 9.97 Å². The maximum absolute atomic E-state index is 5.58. The Balaban J connectivity index is 1.95. The van der Waals surface area contributed by atoms with Crippen molar-refractivity contribution < 1.29 is 4.74 Å². The van der Waals surface area contributed by atoms with E-state index in [-0.39, 0.29) is 6.10 Å². The van der Waals surface area contributed by atoms with Gasteiger partial charge in [-0.15, -0.1) is 0 Å². The lowest BCUT2D eigenvalue weighted by molar-refractivity contribution is 0.232. The van der Waals surface area contributed by atoms with Crippen molar-refractivity contribution in [3.8, 4) is 5.88 Å². The number of nitrogens with one attached hydrogen (secondary N) is 1. The van der Waals surface area contributed by atoms with E-state index in [0.717, 1.165) is 0 Å². The zero-order chi connectivity index (χ0) is 12.8. The van der Waals surface area contributed by atoms with E-state index in [1.165, 1.54) is 38.5 Å². The zero-order valence-corrected chi connectivity index (χ0v) is 11.4. The largest absolute Gasteiger partial charge is 0.475 e. The molecule has 1 aliphatic rings. The molecule has 0 spiro atoms. The summed E-state index contributed by atoms with van der Waals surface area (Å²) in [7, 11) is 0. The van der Waals surface area contributed by atoms with Crippen LogP contribution in [0, 0.1) is 0 Å². The van der Waals surface area contributed by atoms with Crippen molar-refractivity contribution in [3.05, 3.63) is 12.3 Å². The second-order valence-corrected chi connectivity index (χ2v) is 5.22. The minimum absolute atomic E-state index is 0.144. The summed E-state index contributed by atoms with van der Waals surface area (Å²) in [6, 6.07) is 2.32. The van der Waals surface area contributed by atoms with Crippen LogP contribution in [-0.2, 0) is 0 Å². The molecule has 1 N–H and O–H groups in total. The molecule has 0 saturated heterocycles. The summed E-state index contributed by atoms with van der Waals surface area (Å²) in [5.74, 6) is 1.34. The molecule has 0 radical (unpaired) electrons. The van der Waals surface area contributed by atoms with Gasteiger partial charge < -0.3 is 10.1 Å². The minimum Gasteiger partial charge on any atom is -0.475 e. The summed E-state index contributed by atoms with van der Waals surface area (Å²) < 4.78 is 5.58. The minimum atomic E-state index is 0.144. The molecule has 0 bridgehead atoms. The monoisotopic (exact) mass is 249 g/mol. The second kappa shape index (κ2) is 6.57. The first-order valence-corrected chi connectivity index (χ1v) is 7.00. The molecule has 1 heterocycles. The molecule has 100 valence electrons. The Labute approximate surface area is 109 Å². The molecule has 4 heteroatoms. The van der Waals surface area contributed by atoms with E-state index in [9.17, 15) is 0 Å². The number of aromatic nitrogens is 2. The molecule has 1 aromatic heterocycles. The fraction of sp³-hybridized carbons (Fsp3) is 0.714. The first kappa shape index (κ1) is 13.1. The highest BCUT2D eigenvalue weighted by atomic mass is 16.5. The molecule has 2 rings (SSSR count). The van der Waals surface area contributed by atoms with Crippen LogP contribution in [0.1, 0.15) is 52.4 Å². The maximum Gasteiger partial charge on any atom is 0.226 e. The van der Waals surface area contributed by atoms with Gasteiger partial charge in [0.1, 0.15) is 0 Å². The van der Waals surface area contributed by atoms with Gasteiger partial charge in [0.15, 0.2) is 0 Å². The molecular formula is C14H23N3O. The molecule has 1 aliphatic carbocycles. The number of nitrogens with zero attached hydrogens (tertiary/aromatic N) is 2. The van der Waals surface area contributed by atoms with Crippen LogP contribution in [0.4, 0.5) is 5.95 Å². The molecule has 0 amide bonds. The summed E-state index contributed by atoms with van der Waals surface area (Å²) in [5, 5.41) is 3.43. The molecule has 1 saturated carbocycles. The number of rotatable bonds is 4. The van der Waals surface area contributed by atoms with Crippen LogP contribution in [0.2, 0.25) is 0 Å². The van der Waals surface area contributed by atoms with Crippen LogP contribution < -0.4 is 10.1 Å². The average molecular weight is 249 g/mol. The molecule has 1 fully saturated rings. The highest BCUT2D eigenvalue weighted by Crippen LogP contribution is 2.20. The number of anilines is 1. The highest BCUT2D eigenvalue weighted by Gasteiger charge is 2.13. The van der Waals surface area contributed by atoms with Crippen molar-refractivity contribution in [2.45, 2.75) is 64.5 Å². The van der Waals surface area contributed by atoms with E-state index in [1.54, 1.807) is 12.3 Å². The van der Waals surface area contributed by atoms with E-state index in [1.807, 2.05) is 13.8 Å². The quantitative estimate of drug-likeness (QED) is 0.831. The van der Waals surface area contributed by atoms with Gasteiger partial charge >= 0.3 is 0 Å². The lowest BCUT2D eigenvalue weighted by Crippen LogP contribution is -2.20. The maximum atomic E-state index is 5.58. The predicted molar refractivity (Wildman–Crippen MR) is 72.9 cm³/mol. The van der Waals surface area contributed by atoms with E-state index < -0.39 is 0 Å². The topological polar surface area (TPSA) is 47.0 Å². The van der Waals surface area contributed by atoms with Crippen molar-refractivity contribution in [2.75, 3.05) is 5.32 Å². The van der Waals surface area contributed by atoms with Crippen LogP contribution in [0.5, 0.6) is 5.88 Å². The van der Waals surface area contributed by atoms with Crippen molar-refractivity contribution >= 4 is 5.95 Å². The van der Waals surface area contributed by atoms with Crippen molar-refractivity contribution in [3.63, 3.8) is 0 Å². The van der Waals surface area contributed by atoms with Crippen LogP contribution in [0.15, 0.2) is 12.3 Å². The highest BCUT2D eigenvalue weighted by molar-refractivity contribution is 5.28. The summed E-state index contributed by atoms with van der Waals surface area (Å²) in [5.41, 5.74) is 0. The molecular weight excluding hydrogens is 226 g/mol. The van der Waals surface area contributed by atoms with Crippen molar-refractivity contribution in [2.24, 2.45) is 0 Å². The fourth-order valence-electron chi connectivity index (χ4n) is 2.33. The van der Waals surface area contributed by atoms with Crippen LogP contribution >= 0.6 is 0 Å². The van der Waals surface area contributed by atoms with Gasteiger partial charge in [-0.25, -0.2) is 4.98 Å². The van der Waals surface area contributed by atoms with E-state index in [4.69, 9.17) is 4.74 Å². The molecule has 4 nitrogen and oxygen atoms in total. The Morgan fingerprint density at radius 1 is 1.22 bits per heavy atom. The zero-order valence-electron chi connectivity index (χ0n) is 11.4. The molecule has 0 unspecified atom stereocenters. The third-order valence-electron chi connectivity index (χ3n) is 3.17. The van der Waals surface area contributed by atoms with Crippen LogP contribution in [0.25, 0.3) is 0 Å². The smallest absolute Gasteiger partial charge is 0.226 e. The van der Waals surface area contributed by atoms with Gasteiger partial charge in [0, 0.05) is 18.3 Å². The molecule has 0 aliphatic heterocycles. The Kier molecular flexibility index (Phi) is 4.79. The number of ether oxygens (including phenoxy) is 1. The number of hydrogen-bond acceptors (Lipinski definition) is 4. The van der Waals surface area contributed by atoms with E-state index in [0.29, 0.717) is 17.9 Å². The van der Waals surface area contributed by atoms with E-state index >= 15 is 0 Å². The Hall–Kier alpha value is -1.32. The Morgan fingerprint density at radius 2 is 1.94 bits per heavy atom. The third kappa shape index (κ3) is 4.17. The van der Waals surface area contributed by atoms with Crippen molar-refractivity contribution in [1.29, 1.82) is 0 Å². The lowest BCUT2D eigenvalue weighted by atomic mass is 10.1. The Bertz CT molecular complexity index is 360. The number of hydrogen-bond donors (Lipinski definition) is 1. The summed E-state index contributed by atoms with van der Waals surface area (Å²) in [6.45, 7) is 4.00. The standard InChI is InChI=1S/C14H23N3O/c1-11(2)18-13-9-10-15-14(17-13)16-12-7-5-3-4-6-8-12/h9-12H,3-8H2,1-2H3,(H,15,16,17). The first-order chi connectivity index (χ1) is 8.74. The average Bonchev–Trinajstić information content (AvgIpc) is 2.57. The molecule has 0 atom stereocenters. The lowest BCUT2D eigenvalue weighted by Gasteiger charge is -2.16. The third-order valence-corrected chi connectivity index (χ3v) is 3.17. The SMILES string of the molecule is CC(C)Oc1ccnc(NC2CCCCCC2)n1. The molecule has 0 aromatic carbocycles. The van der Waals surface area contributed by atoms with Gasteiger partial charge in [0.2, 0.25) is 11.8 Å². The summed E-state index contributed by atoms with van der Waals surface area (Å²) in [6.07, 6.45) is 9.66. The van der Waals surface area contributed by atoms with Gasteiger partial charge in [0.05, 0.1) is 6.10 Å². The molecule has 1 aromatic rings. The van der Waals surface area contributed by atoms with E-state index in [2.05, 4.69) is 15.3 Å². The Morgan fingerprint density at radius 3 is 2.61 bits per heavy atom.